The van der Waals surface area contributed by atoms with Crippen LogP contribution < -0.4 is 0 Å². The molecule has 0 aliphatic heterocycles. The van der Waals surface area contributed by atoms with Crippen molar-refractivity contribution < 1.29 is 0 Å². The number of fused-ring (bicyclic) bond motifs is 1. The molecule has 0 unspecified atom stereocenters. The lowest BCUT2D eigenvalue weighted by Gasteiger charge is -2.10. The molecule has 0 heterocycles. The minimum atomic E-state index is 1.15. The van der Waals surface area contributed by atoms with Gasteiger partial charge in [0.1, 0.15) is 0 Å². The summed E-state index contributed by atoms with van der Waals surface area (Å²) in [6, 6.07) is 35.2. The lowest BCUT2D eigenvalue weighted by atomic mass is 9.93. The van der Waals surface area contributed by atoms with Crippen LogP contribution >= 0.6 is 0 Å². The Labute approximate surface area is 130 Å². The number of hydrogen-bond acceptors (Lipinski definition) is 0. The Morgan fingerprint density at radius 3 is 2.18 bits per heavy atom. The first-order valence-corrected chi connectivity index (χ1v) is 7.47. The molecule has 4 aromatic rings. The summed E-state index contributed by atoms with van der Waals surface area (Å²) in [5.74, 6) is 0. The molecule has 4 aromatic carbocycles. The van der Waals surface area contributed by atoms with Gasteiger partial charge in [0.15, 0.2) is 0 Å². The third-order valence-electron chi connectivity index (χ3n) is 3.98. The van der Waals surface area contributed by atoms with Crippen molar-refractivity contribution in [2.75, 3.05) is 0 Å². The molecule has 103 valence electrons. The molecule has 1 radical (unpaired) electrons. The Hall–Kier alpha value is -2.86. The van der Waals surface area contributed by atoms with E-state index in [9.17, 15) is 0 Å². The predicted molar refractivity (Wildman–Crippen MR) is 93.7 cm³/mol. The number of rotatable bonds is 2. The molecule has 4 rings (SSSR count). The summed E-state index contributed by atoms with van der Waals surface area (Å²) in [5.41, 5.74) is 4.80. The van der Waals surface area contributed by atoms with Crippen LogP contribution in [0, 0.1) is 6.07 Å². The Morgan fingerprint density at radius 2 is 1.32 bits per heavy atom. The van der Waals surface area contributed by atoms with Crippen LogP contribution in [0.5, 0.6) is 0 Å². The highest BCUT2D eigenvalue weighted by Gasteiger charge is 2.07. The Balaban J connectivity index is 1.92. The minimum absolute atomic E-state index is 1.15. The average molecular weight is 279 g/mol. The van der Waals surface area contributed by atoms with E-state index in [1.807, 2.05) is 18.2 Å². The van der Waals surface area contributed by atoms with Gasteiger partial charge in [0, 0.05) is 0 Å². The molecule has 0 amide bonds. The summed E-state index contributed by atoms with van der Waals surface area (Å²) in [5, 5.41) is 2.53. The minimum Gasteiger partial charge on any atom is -0.0622 e. The topological polar surface area (TPSA) is 0 Å². The van der Waals surface area contributed by atoms with Gasteiger partial charge in [0.05, 0.1) is 0 Å². The Kier molecular flexibility index (Phi) is 3.21. The van der Waals surface area contributed by atoms with E-state index < -0.39 is 0 Å². The number of benzene rings is 4. The maximum Gasteiger partial charge on any atom is -0.00264 e. The van der Waals surface area contributed by atoms with Crippen LogP contribution in [0.1, 0.15) is 0 Å². The van der Waals surface area contributed by atoms with Gasteiger partial charge in [-0.15, -0.1) is 0 Å². The first-order chi connectivity index (χ1) is 10.9. The monoisotopic (exact) mass is 279 g/mol. The first-order valence-electron chi connectivity index (χ1n) is 7.47. The second-order valence-corrected chi connectivity index (χ2v) is 5.39. The fraction of sp³-hybridized carbons (Fsp3) is 0. The SMILES string of the molecule is [c]1cccc(-c2ccccc2)c1-c1ccc2ccccc2c1. The fourth-order valence-corrected chi connectivity index (χ4v) is 2.88. The van der Waals surface area contributed by atoms with E-state index in [0.29, 0.717) is 0 Å². The second-order valence-electron chi connectivity index (χ2n) is 5.39. The maximum absolute atomic E-state index is 3.42. The van der Waals surface area contributed by atoms with E-state index in [1.54, 1.807) is 0 Å². The van der Waals surface area contributed by atoms with E-state index in [-0.39, 0.29) is 0 Å². The van der Waals surface area contributed by atoms with Gasteiger partial charge in [-0.2, -0.15) is 0 Å². The molecule has 0 spiro atoms. The normalized spacial score (nSPS) is 10.7. The molecular weight excluding hydrogens is 264 g/mol. The molecule has 0 bridgehead atoms. The molecule has 0 N–H and O–H groups in total. The largest absolute Gasteiger partial charge is 0.0622 e. The van der Waals surface area contributed by atoms with Gasteiger partial charge >= 0.3 is 0 Å². The molecule has 0 aliphatic carbocycles. The molecule has 0 atom stereocenters. The van der Waals surface area contributed by atoms with Gasteiger partial charge in [0.2, 0.25) is 0 Å². The van der Waals surface area contributed by atoms with E-state index in [1.165, 1.54) is 27.5 Å². The first kappa shape index (κ1) is 12.8. The zero-order valence-corrected chi connectivity index (χ0v) is 12.2. The smallest absolute Gasteiger partial charge is 0.00264 e. The zero-order chi connectivity index (χ0) is 14.8. The molecule has 0 saturated heterocycles. The summed E-state index contributed by atoms with van der Waals surface area (Å²) in [6.45, 7) is 0. The molecule has 0 nitrogen and oxygen atoms in total. The third-order valence-corrected chi connectivity index (χ3v) is 3.98. The van der Waals surface area contributed by atoms with Crippen molar-refractivity contribution in [2.24, 2.45) is 0 Å². The van der Waals surface area contributed by atoms with Crippen LogP contribution in [0.15, 0.2) is 91.0 Å². The van der Waals surface area contributed by atoms with E-state index in [4.69, 9.17) is 0 Å². The van der Waals surface area contributed by atoms with Gasteiger partial charge in [-0.3, -0.25) is 0 Å². The Morgan fingerprint density at radius 1 is 0.545 bits per heavy atom. The van der Waals surface area contributed by atoms with E-state index >= 15 is 0 Å². The summed E-state index contributed by atoms with van der Waals surface area (Å²) in [7, 11) is 0. The maximum atomic E-state index is 3.42. The van der Waals surface area contributed by atoms with Crippen molar-refractivity contribution in [1.82, 2.24) is 0 Å². The van der Waals surface area contributed by atoms with Crippen molar-refractivity contribution in [3.05, 3.63) is 97.1 Å². The van der Waals surface area contributed by atoms with Gasteiger partial charge in [-0.1, -0.05) is 84.9 Å². The van der Waals surface area contributed by atoms with Crippen LogP contribution in [0.2, 0.25) is 0 Å². The quantitative estimate of drug-likeness (QED) is 0.424. The van der Waals surface area contributed by atoms with Gasteiger partial charge in [0.25, 0.3) is 0 Å². The molecule has 0 aliphatic rings. The van der Waals surface area contributed by atoms with Crippen LogP contribution in [0.25, 0.3) is 33.0 Å². The molecule has 0 saturated carbocycles. The lowest BCUT2D eigenvalue weighted by molar-refractivity contribution is 1.58. The average Bonchev–Trinajstić information content (AvgIpc) is 2.62. The van der Waals surface area contributed by atoms with E-state index in [0.717, 1.165) is 5.56 Å². The van der Waals surface area contributed by atoms with Crippen LogP contribution in [0.4, 0.5) is 0 Å². The highest BCUT2D eigenvalue weighted by Crippen LogP contribution is 2.32. The van der Waals surface area contributed by atoms with Gasteiger partial charge < -0.3 is 0 Å². The van der Waals surface area contributed by atoms with Gasteiger partial charge in [-0.05, 0) is 45.2 Å². The van der Waals surface area contributed by atoms with Crippen LogP contribution in [-0.4, -0.2) is 0 Å². The van der Waals surface area contributed by atoms with Crippen molar-refractivity contribution in [2.45, 2.75) is 0 Å². The van der Waals surface area contributed by atoms with E-state index in [2.05, 4.69) is 78.9 Å². The molecule has 22 heavy (non-hydrogen) atoms. The van der Waals surface area contributed by atoms with Crippen molar-refractivity contribution in [3.8, 4) is 22.3 Å². The van der Waals surface area contributed by atoms with Crippen molar-refractivity contribution in [3.63, 3.8) is 0 Å². The fourth-order valence-electron chi connectivity index (χ4n) is 2.88. The van der Waals surface area contributed by atoms with Crippen LogP contribution in [0.3, 0.4) is 0 Å². The molecular formula is C22H15. The standard InChI is InChI=1S/C22H15/c1-2-9-18(10-3-1)21-12-6-7-13-22(21)20-15-14-17-8-4-5-11-19(17)16-20/h1-12,14-16H. The number of hydrogen-bond donors (Lipinski definition) is 0. The molecule has 0 fully saturated rings. The summed E-state index contributed by atoms with van der Waals surface area (Å²) in [4.78, 5) is 0. The van der Waals surface area contributed by atoms with Crippen molar-refractivity contribution >= 4 is 10.8 Å². The summed E-state index contributed by atoms with van der Waals surface area (Å²) >= 11 is 0. The summed E-state index contributed by atoms with van der Waals surface area (Å²) < 4.78 is 0. The summed E-state index contributed by atoms with van der Waals surface area (Å²) in [6.07, 6.45) is 0. The third kappa shape index (κ3) is 2.29. The lowest BCUT2D eigenvalue weighted by Crippen LogP contribution is -1.85. The molecule has 0 heteroatoms. The predicted octanol–water partition coefficient (Wildman–Crippen LogP) is 5.97. The highest BCUT2D eigenvalue weighted by atomic mass is 14.1. The second kappa shape index (κ2) is 5.50. The zero-order valence-electron chi connectivity index (χ0n) is 12.2. The molecule has 0 aromatic heterocycles. The highest BCUT2D eigenvalue weighted by molar-refractivity contribution is 5.91. The van der Waals surface area contributed by atoms with Crippen LogP contribution in [-0.2, 0) is 0 Å². The van der Waals surface area contributed by atoms with Crippen molar-refractivity contribution in [1.29, 1.82) is 0 Å². The van der Waals surface area contributed by atoms with Gasteiger partial charge in [-0.25, -0.2) is 0 Å². The Bertz CT molecular complexity index is 920.